The Morgan fingerprint density at radius 1 is 1.11 bits per heavy atom. The molecule has 0 saturated heterocycles. The SMILES string of the molecule is O=C1C=C(c2ccc(C[C@H](NS(=O)(=O)c3cccc(C(F)(F)F)c3)C3=NCCN3)cc2)S(=O)(=O)N1. The van der Waals surface area contributed by atoms with E-state index < -0.39 is 48.6 Å². The molecule has 14 heteroatoms. The maximum atomic E-state index is 13.1. The van der Waals surface area contributed by atoms with E-state index in [1.54, 1.807) is 12.1 Å². The van der Waals surface area contributed by atoms with Crippen molar-refractivity contribution in [3.8, 4) is 0 Å². The first-order chi connectivity index (χ1) is 16.3. The van der Waals surface area contributed by atoms with Gasteiger partial charge in [0.05, 0.1) is 23.0 Å². The third kappa shape index (κ3) is 5.55. The van der Waals surface area contributed by atoms with Crippen LogP contribution in [0.4, 0.5) is 13.2 Å². The number of sulfonamides is 2. The molecule has 0 fully saturated rings. The lowest BCUT2D eigenvalue weighted by Gasteiger charge is -2.20. The number of amides is 1. The van der Waals surface area contributed by atoms with Crippen LogP contribution >= 0.6 is 0 Å². The number of halogens is 3. The second-order valence-electron chi connectivity index (χ2n) is 7.77. The van der Waals surface area contributed by atoms with Crippen molar-refractivity contribution in [2.75, 3.05) is 13.1 Å². The zero-order valence-corrected chi connectivity index (χ0v) is 19.5. The van der Waals surface area contributed by atoms with Gasteiger partial charge in [0, 0.05) is 12.6 Å². The molecular formula is C21H19F3N4O5S2. The van der Waals surface area contributed by atoms with Crippen molar-refractivity contribution < 1.29 is 34.8 Å². The summed E-state index contributed by atoms with van der Waals surface area (Å²) in [6, 6.07) is 8.58. The van der Waals surface area contributed by atoms with Crippen LogP contribution in [0.5, 0.6) is 0 Å². The molecule has 0 aliphatic carbocycles. The lowest BCUT2D eigenvalue weighted by atomic mass is 10.0. The highest BCUT2D eigenvalue weighted by Crippen LogP contribution is 2.30. The molecule has 2 aromatic carbocycles. The van der Waals surface area contributed by atoms with Crippen LogP contribution in [-0.4, -0.2) is 47.7 Å². The number of nitrogens with zero attached hydrogens (tertiary/aromatic N) is 1. The van der Waals surface area contributed by atoms with Gasteiger partial charge < -0.3 is 5.32 Å². The number of hydrogen-bond acceptors (Lipinski definition) is 7. The number of benzene rings is 2. The standard InChI is InChI=1S/C21H19F3N4O5S2/c22-21(23,24)15-2-1-3-16(11-15)34(30,31)27-17(20-25-8-9-26-20)10-13-4-6-14(7-5-13)18-12-19(29)28-35(18,32)33/h1-7,11-12,17,27H,8-10H2,(H,25,26)(H,28,29)/t17-/m0/s1. The smallest absolute Gasteiger partial charge is 0.371 e. The van der Waals surface area contributed by atoms with Crippen molar-refractivity contribution in [2.45, 2.75) is 23.5 Å². The van der Waals surface area contributed by atoms with Crippen LogP contribution in [0.15, 0.2) is 64.5 Å². The van der Waals surface area contributed by atoms with Gasteiger partial charge in [-0.05, 0) is 35.7 Å². The maximum absolute atomic E-state index is 13.1. The van der Waals surface area contributed by atoms with Crippen molar-refractivity contribution in [1.29, 1.82) is 0 Å². The average molecular weight is 529 g/mol. The third-order valence-corrected chi connectivity index (χ3v) is 8.14. The van der Waals surface area contributed by atoms with Gasteiger partial charge in [0.2, 0.25) is 10.0 Å². The third-order valence-electron chi connectivity index (χ3n) is 5.26. The van der Waals surface area contributed by atoms with E-state index in [2.05, 4.69) is 15.0 Å². The molecule has 35 heavy (non-hydrogen) atoms. The highest BCUT2D eigenvalue weighted by atomic mass is 32.2. The summed E-state index contributed by atoms with van der Waals surface area (Å²) in [4.78, 5) is 14.9. The van der Waals surface area contributed by atoms with Crippen molar-refractivity contribution >= 4 is 36.7 Å². The largest absolute Gasteiger partial charge is 0.416 e. The van der Waals surface area contributed by atoms with Gasteiger partial charge in [0.25, 0.3) is 15.9 Å². The Morgan fingerprint density at radius 3 is 2.40 bits per heavy atom. The molecule has 1 atom stereocenters. The first kappa shape index (κ1) is 24.9. The average Bonchev–Trinajstić information content (AvgIpc) is 3.40. The van der Waals surface area contributed by atoms with E-state index in [4.69, 9.17) is 0 Å². The molecule has 4 rings (SSSR count). The number of alkyl halides is 3. The predicted octanol–water partition coefficient (Wildman–Crippen LogP) is 1.40. The molecule has 0 unspecified atom stereocenters. The van der Waals surface area contributed by atoms with Crippen LogP contribution in [0, 0.1) is 0 Å². The fraction of sp³-hybridized carbons (Fsp3) is 0.238. The van der Waals surface area contributed by atoms with Crippen LogP contribution in [0.2, 0.25) is 0 Å². The lowest BCUT2D eigenvalue weighted by Crippen LogP contribution is -2.46. The van der Waals surface area contributed by atoms with Gasteiger partial charge in [-0.15, -0.1) is 0 Å². The topological polar surface area (TPSA) is 134 Å². The molecular weight excluding hydrogens is 509 g/mol. The quantitative estimate of drug-likeness (QED) is 0.498. The Balaban J connectivity index is 1.58. The van der Waals surface area contributed by atoms with Crippen LogP contribution < -0.4 is 14.8 Å². The molecule has 2 aliphatic heterocycles. The number of nitrogens with one attached hydrogen (secondary N) is 3. The maximum Gasteiger partial charge on any atom is 0.416 e. The summed E-state index contributed by atoms with van der Waals surface area (Å²) in [5, 5.41) is 2.97. The van der Waals surface area contributed by atoms with E-state index in [-0.39, 0.29) is 16.9 Å². The summed E-state index contributed by atoms with van der Waals surface area (Å²) in [5.41, 5.74) is -0.227. The summed E-state index contributed by atoms with van der Waals surface area (Å²) >= 11 is 0. The van der Waals surface area contributed by atoms with Crippen LogP contribution in [0.3, 0.4) is 0 Å². The van der Waals surface area contributed by atoms with Gasteiger partial charge in [-0.3, -0.25) is 9.79 Å². The minimum absolute atomic E-state index is 0.0767. The molecule has 2 heterocycles. The van der Waals surface area contributed by atoms with Crippen molar-refractivity contribution in [3.05, 3.63) is 71.3 Å². The number of carbonyl (C=O) groups excluding carboxylic acids is 1. The molecule has 0 saturated carbocycles. The second kappa shape index (κ2) is 9.09. The summed E-state index contributed by atoms with van der Waals surface area (Å²) in [6.07, 6.45) is -3.66. The molecule has 1 amide bonds. The Kier molecular flexibility index (Phi) is 6.46. The minimum Gasteiger partial charge on any atom is -0.371 e. The Labute approximate surface area is 199 Å². The van der Waals surface area contributed by atoms with E-state index in [0.717, 1.165) is 24.3 Å². The summed E-state index contributed by atoms with van der Waals surface area (Å²) in [7, 11) is -8.29. The van der Waals surface area contributed by atoms with E-state index >= 15 is 0 Å². The second-order valence-corrected chi connectivity index (χ2v) is 11.1. The van der Waals surface area contributed by atoms with Crippen molar-refractivity contribution in [3.63, 3.8) is 0 Å². The van der Waals surface area contributed by atoms with Gasteiger partial charge >= 0.3 is 6.18 Å². The first-order valence-corrected chi connectivity index (χ1v) is 13.2. The summed E-state index contributed by atoms with van der Waals surface area (Å²) in [5.74, 6) is -0.418. The molecule has 0 radical (unpaired) electrons. The molecule has 2 aliphatic rings. The molecule has 3 N–H and O–H groups in total. The Morgan fingerprint density at radius 2 is 1.83 bits per heavy atom. The number of carbonyl (C=O) groups is 1. The molecule has 2 aromatic rings. The van der Waals surface area contributed by atoms with Gasteiger partial charge in [-0.25, -0.2) is 26.3 Å². The van der Waals surface area contributed by atoms with Gasteiger partial charge in [0.1, 0.15) is 10.7 Å². The highest BCUT2D eigenvalue weighted by Gasteiger charge is 2.33. The van der Waals surface area contributed by atoms with Crippen LogP contribution in [-0.2, 0) is 37.4 Å². The number of aliphatic imine (C=N–C) groups is 1. The van der Waals surface area contributed by atoms with Crippen LogP contribution in [0.1, 0.15) is 16.7 Å². The van der Waals surface area contributed by atoms with Crippen molar-refractivity contribution in [2.24, 2.45) is 4.99 Å². The molecule has 0 aromatic heterocycles. The Bertz CT molecular complexity index is 1430. The van der Waals surface area contributed by atoms with Gasteiger partial charge in [0.15, 0.2) is 0 Å². The van der Waals surface area contributed by atoms with Gasteiger partial charge in [-0.2, -0.15) is 13.2 Å². The molecule has 9 nitrogen and oxygen atoms in total. The summed E-state index contributed by atoms with van der Waals surface area (Å²) < 4.78 is 93.3. The minimum atomic E-state index is -4.70. The van der Waals surface area contributed by atoms with Crippen LogP contribution in [0.25, 0.3) is 4.91 Å². The van der Waals surface area contributed by atoms with E-state index in [1.165, 1.54) is 12.1 Å². The number of amidine groups is 1. The normalized spacial score (nSPS) is 18.4. The highest BCUT2D eigenvalue weighted by molar-refractivity contribution is 8.00. The summed E-state index contributed by atoms with van der Waals surface area (Å²) in [6.45, 7) is 0.881. The fourth-order valence-electron chi connectivity index (χ4n) is 3.63. The van der Waals surface area contributed by atoms with E-state index in [1.807, 2.05) is 4.72 Å². The zero-order chi connectivity index (χ0) is 25.4. The van der Waals surface area contributed by atoms with Gasteiger partial charge in [-0.1, -0.05) is 30.3 Å². The van der Waals surface area contributed by atoms with E-state index in [0.29, 0.717) is 30.6 Å². The first-order valence-electron chi connectivity index (χ1n) is 10.2. The predicted molar refractivity (Wildman–Crippen MR) is 121 cm³/mol. The van der Waals surface area contributed by atoms with E-state index in [9.17, 15) is 34.8 Å². The zero-order valence-electron chi connectivity index (χ0n) is 17.8. The number of rotatable bonds is 7. The molecule has 186 valence electrons. The van der Waals surface area contributed by atoms with Crippen molar-refractivity contribution in [1.82, 2.24) is 14.8 Å². The fourth-order valence-corrected chi connectivity index (χ4v) is 6.02. The monoisotopic (exact) mass is 528 g/mol. The number of hydrogen-bond donors (Lipinski definition) is 3. The molecule has 0 bridgehead atoms. The lowest BCUT2D eigenvalue weighted by molar-refractivity contribution is -0.137. The molecule has 0 spiro atoms. The Hall–Kier alpha value is -3.23.